The first kappa shape index (κ1) is 25.9. The van der Waals surface area contributed by atoms with Gasteiger partial charge in [0.05, 0.1) is 19.3 Å². The van der Waals surface area contributed by atoms with Crippen LogP contribution in [0, 0.1) is 5.41 Å². The predicted molar refractivity (Wildman–Crippen MR) is 138 cm³/mol. The number of nitrogen functional groups attached to an aromatic ring is 1. The molecule has 0 aliphatic rings. The molecular weight excluding hydrogens is 492 g/mol. The van der Waals surface area contributed by atoms with E-state index in [1.807, 2.05) is 6.92 Å². The summed E-state index contributed by atoms with van der Waals surface area (Å²) >= 11 is 0. The molecule has 5 N–H and O–H groups in total. The first-order valence-corrected chi connectivity index (χ1v) is 11.5. The van der Waals surface area contributed by atoms with Gasteiger partial charge >= 0.3 is 11.7 Å². The Labute approximate surface area is 217 Å². The molecular formula is C25H26N8O5. The Morgan fingerprint density at radius 1 is 1.16 bits per heavy atom. The third-order valence-corrected chi connectivity index (χ3v) is 5.31. The van der Waals surface area contributed by atoms with E-state index in [0.717, 1.165) is 4.68 Å². The van der Waals surface area contributed by atoms with Gasteiger partial charge in [0.2, 0.25) is 0 Å². The summed E-state index contributed by atoms with van der Waals surface area (Å²) < 4.78 is 17.5. The highest BCUT2D eigenvalue weighted by molar-refractivity contribution is 5.98. The summed E-state index contributed by atoms with van der Waals surface area (Å²) in [5.74, 6) is 0.672. The first-order valence-electron chi connectivity index (χ1n) is 11.5. The number of methoxy groups -OCH3 is 1. The van der Waals surface area contributed by atoms with E-state index in [2.05, 4.69) is 25.4 Å². The SMILES string of the molecule is CCOc1cc([C@H](Nc2ccc(C(=N)N)c(OC(C)=O)c2)c2nn(-c3ncccn3)c(=O)[nH]2)ccc1OC. The van der Waals surface area contributed by atoms with Gasteiger partial charge in [-0.2, -0.15) is 0 Å². The molecule has 2 aromatic heterocycles. The number of amidine groups is 1. The van der Waals surface area contributed by atoms with E-state index >= 15 is 0 Å². The number of hydrogen-bond donors (Lipinski definition) is 4. The van der Waals surface area contributed by atoms with Crippen molar-refractivity contribution in [2.24, 2.45) is 5.73 Å². The van der Waals surface area contributed by atoms with Crippen LogP contribution in [0.5, 0.6) is 17.2 Å². The van der Waals surface area contributed by atoms with Crippen LogP contribution in [0.3, 0.4) is 0 Å². The molecule has 2 heterocycles. The largest absolute Gasteiger partial charge is 0.493 e. The van der Waals surface area contributed by atoms with Crippen molar-refractivity contribution in [1.82, 2.24) is 24.7 Å². The average molecular weight is 519 g/mol. The van der Waals surface area contributed by atoms with Gasteiger partial charge in [0, 0.05) is 31.1 Å². The molecule has 0 spiro atoms. The molecule has 0 radical (unpaired) electrons. The van der Waals surface area contributed by atoms with Crippen LogP contribution in [-0.4, -0.2) is 50.3 Å². The molecule has 2 aromatic carbocycles. The number of rotatable bonds is 10. The Hall–Kier alpha value is -5.20. The van der Waals surface area contributed by atoms with E-state index in [1.165, 1.54) is 25.4 Å². The van der Waals surface area contributed by atoms with Crippen molar-refractivity contribution in [2.45, 2.75) is 19.9 Å². The maximum atomic E-state index is 12.8. The van der Waals surface area contributed by atoms with E-state index in [4.69, 9.17) is 25.4 Å². The molecule has 38 heavy (non-hydrogen) atoms. The lowest BCUT2D eigenvalue weighted by atomic mass is 10.0. The number of anilines is 1. The number of carbonyl (C=O) groups is 1. The molecule has 0 bridgehead atoms. The van der Waals surface area contributed by atoms with Crippen LogP contribution in [-0.2, 0) is 4.79 Å². The number of nitrogens with two attached hydrogens (primary N) is 1. The highest BCUT2D eigenvalue weighted by Crippen LogP contribution is 2.34. The molecule has 13 nitrogen and oxygen atoms in total. The van der Waals surface area contributed by atoms with Crippen molar-refractivity contribution in [1.29, 1.82) is 5.41 Å². The smallest absolute Gasteiger partial charge is 0.350 e. The van der Waals surface area contributed by atoms with Crippen molar-refractivity contribution in [2.75, 3.05) is 19.0 Å². The number of aromatic amines is 1. The van der Waals surface area contributed by atoms with E-state index in [-0.39, 0.29) is 28.9 Å². The number of esters is 1. The predicted octanol–water partition coefficient (Wildman–Crippen LogP) is 2.17. The molecule has 4 rings (SSSR count). The first-order chi connectivity index (χ1) is 18.3. The molecule has 4 aromatic rings. The fourth-order valence-corrected chi connectivity index (χ4v) is 3.70. The molecule has 1 atom stereocenters. The van der Waals surface area contributed by atoms with Crippen LogP contribution in [0.1, 0.15) is 36.8 Å². The molecule has 196 valence electrons. The van der Waals surface area contributed by atoms with Gasteiger partial charge < -0.3 is 25.3 Å². The third kappa shape index (κ3) is 5.61. The highest BCUT2D eigenvalue weighted by atomic mass is 16.5. The lowest BCUT2D eigenvalue weighted by Crippen LogP contribution is -2.18. The molecule has 0 saturated heterocycles. The zero-order valence-electron chi connectivity index (χ0n) is 20.9. The monoisotopic (exact) mass is 518 g/mol. The number of aromatic nitrogens is 5. The zero-order chi connectivity index (χ0) is 27.2. The van der Waals surface area contributed by atoms with Crippen LogP contribution in [0.2, 0.25) is 0 Å². The van der Waals surface area contributed by atoms with Crippen molar-refractivity contribution in [3.8, 4) is 23.2 Å². The summed E-state index contributed by atoms with van der Waals surface area (Å²) in [4.78, 5) is 35.4. The van der Waals surface area contributed by atoms with Crippen molar-refractivity contribution in [3.05, 3.63) is 82.3 Å². The van der Waals surface area contributed by atoms with Crippen LogP contribution >= 0.6 is 0 Å². The molecule has 0 amide bonds. The fraction of sp³-hybridized carbons (Fsp3) is 0.200. The maximum Gasteiger partial charge on any atom is 0.350 e. The van der Waals surface area contributed by atoms with Crippen molar-refractivity contribution >= 4 is 17.5 Å². The van der Waals surface area contributed by atoms with Gasteiger partial charge in [0.1, 0.15) is 17.6 Å². The van der Waals surface area contributed by atoms with Crippen molar-refractivity contribution < 1.29 is 19.0 Å². The second-order valence-corrected chi connectivity index (χ2v) is 7.91. The van der Waals surface area contributed by atoms with Gasteiger partial charge in [-0.3, -0.25) is 15.2 Å². The Kier molecular flexibility index (Phi) is 7.66. The second kappa shape index (κ2) is 11.2. The maximum absolute atomic E-state index is 12.8. The number of H-pyrrole nitrogens is 1. The molecule has 0 aliphatic carbocycles. The Balaban J connectivity index is 1.82. The summed E-state index contributed by atoms with van der Waals surface area (Å²) in [6, 6.07) is 11.0. The van der Waals surface area contributed by atoms with Crippen molar-refractivity contribution in [3.63, 3.8) is 0 Å². The number of nitrogens with zero attached hydrogens (tertiary/aromatic N) is 4. The number of benzene rings is 2. The molecule has 0 unspecified atom stereocenters. The fourth-order valence-electron chi connectivity index (χ4n) is 3.70. The molecule has 13 heteroatoms. The van der Waals surface area contributed by atoms with Crippen LogP contribution in [0.4, 0.5) is 5.69 Å². The lowest BCUT2D eigenvalue weighted by molar-refractivity contribution is -0.131. The van der Waals surface area contributed by atoms with Gasteiger partial charge in [-0.15, -0.1) is 9.78 Å². The van der Waals surface area contributed by atoms with Gasteiger partial charge in [-0.05, 0) is 42.8 Å². The van der Waals surface area contributed by atoms with Crippen LogP contribution in [0.25, 0.3) is 5.95 Å². The van der Waals surface area contributed by atoms with Crippen LogP contribution in [0.15, 0.2) is 59.7 Å². The van der Waals surface area contributed by atoms with Crippen LogP contribution < -0.4 is 31.0 Å². The minimum Gasteiger partial charge on any atom is -0.493 e. The molecule has 0 aliphatic heterocycles. The summed E-state index contributed by atoms with van der Waals surface area (Å²) in [5, 5.41) is 15.5. The zero-order valence-corrected chi connectivity index (χ0v) is 20.9. The van der Waals surface area contributed by atoms with Gasteiger partial charge in [-0.25, -0.2) is 14.8 Å². The summed E-state index contributed by atoms with van der Waals surface area (Å²) in [6.07, 6.45) is 3.01. The quantitative estimate of drug-likeness (QED) is 0.105. The summed E-state index contributed by atoms with van der Waals surface area (Å²) in [5.41, 5.74) is 6.54. The minimum absolute atomic E-state index is 0.103. The Morgan fingerprint density at radius 3 is 2.58 bits per heavy atom. The Bertz CT molecular complexity index is 1520. The minimum atomic E-state index is -0.717. The van der Waals surface area contributed by atoms with E-state index < -0.39 is 17.7 Å². The van der Waals surface area contributed by atoms with Gasteiger partial charge in [0.15, 0.2) is 17.3 Å². The number of hydrogen-bond acceptors (Lipinski definition) is 10. The standard InChI is InChI=1S/C25H26N8O5/c1-4-37-20-12-15(6-9-18(20)36-3)21(23-31-25(35)33(32-23)24-28-10-5-11-29-24)30-16-7-8-17(22(26)27)19(13-16)38-14(2)34/h5-13,21,30H,4H2,1-3H3,(H3,26,27)(H,31,32,35)/t21-/m0/s1. The second-order valence-electron chi connectivity index (χ2n) is 7.91. The number of carbonyl (C=O) groups excluding carboxylic acids is 1. The number of ether oxygens (including phenoxy) is 3. The summed E-state index contributed by atoms with van der Waals surface area (Å²) in [6.45, 7) is 3.52. The van der Waals surface area contributed by atoms with E-state index in [1.54, 1.807) is 43.5 Å². The highest BCUT2D eigenvalue weighted by Gasteiger charge is 2.23. The molecule has 0 saturated carbocycles. The number of nitrogens with one attached hydrogen (secondary N) is 3. The Morgan fingerprint density at radius 2 is 1.92 bits per heavy atom. The topological polar surface area (TPSA) is 183 Å². The summed E-state index contributed by atoms with van der Waals surface area (Å²) in [7, 11) is 1.54. The molecule has 0 fully saturated rings. The lowest BCUT2D eigenvalue weighted by Gasteiger charge is -2.21. The van der Waals surface area contributed by atoms with Gasteiger partial charge in [0.25, 0.3) is 5.95 Å². The van der Waals surface area contributed by atoms with Gasteiger partial charge in [-0.1, -0.05) is 6.07 Å². The average Bonchev–Trinajstić information content (AvgIpc) is 3.28. The van der Waals surface area contributed by atoms with E-state index in [0.29, 0.717) is 29.4 Å². The van der Waals surface area contributed by atoms with E-state index in [9.17, 15) is 9.59 Å². The normalized spacial score (nSPS) is 11.4. The third-order valence-electron chi connectivity index (χ3n) is 5.31.